The molecule has 0 bridgehead atoms. The smallest absolute Gasteiger partial charge is 0.270 e. The van der Waals surface area contributed by atoms with E-state index in [1.165, 1.54) is 12.1 Å². The maximum Gasteiger partial charge on any atom is 0.270 e. The average Bonchev–Trinajstić information content (AvgIpc) is 2.85. The first kappa shape index (κ1) is 12.4. The van der Waals surface area contributed by atoms with Crippen LogP contribution in [0.25, 0.3) is 0 Å². The van der Waals surface area contributed by atoms with E-state index in [0.29, 0.717) is 11.6 Å². The Hall–Kier alpha value is -2.09. The van der Waals surface area contributed by atoms with Gasteiger partial charge in [-0.1, -0.05) is 6.92 Å². The van der Waals surface area contributed by atoms with Gasteiger partial charge in [0.2, 0.25) is 0 Å². The fourth-order valence-corrected chi connectivity index (χ4v) is 2.55. The summed E-state index contributed by atoms with van der Waals surface area (Å²) in [6.45, 7) is 3.05. The second kappa shape index (κ2) is 5.05. The van der Waals surface area contributed by atoms with E-state index in [4.69, 9.17) is 5.26 Å². The highest BCUT2D eigenvalue weighted by Crippen LogP contribution is 2.31. The molecule has 1 fully saturated rings. The predicted molar refractivity (Wildman–Crippen MR) is 68.5 cm³/mol. The van der Waals surface area contributed by atoms with E-state index in [-0.39, 0.29) is 5.69 Å². The lowest BCUT2D eigenvalue weighted by Crippen LogP contribution is -2.29. The van der Waals surface area contributed by atoms with Gasteiger partial charge in [-0.15, -0.1) is 0 Å². The Morgan fingerprint density at radius 1 is 1.61 bits per heavy atom. The topological polar surface area (TPSA) is 70.2 Å². The molecule has 94 valence electrons. The highest BCUT2D eigenvalue weighted by atomic mass is 16.6. The number of hydrogen-bond acceptors (Lipinski definition) is 4. The third-order valence-electron chi connectivity index (χ3n) is 3.47. The van der Waals surface area contributed by atoms with Gasteiger partial charge in [0, 0.05) is 24.7 Å². The van der Waals surface area contributed by atoms with Crippen LogP contribution in [0.15, 0.2) is 18.2 Å². The normalized spacial score (nSPS) is 18.7. The van der Waals surface area contributed by atoms with Gasteiger partial charge < -0.3 is 4.90 Å². The van der Waals surface area contributed by atoms with E-state index in [1.54, 1.807) is 6.07 Å². The summed E-state index contributed by atoms with van der Waals surface area (Å²) in [5, 5.41) is 19.8. The van der Waals surface area contributed by atoms with Crippen molar-refractivity contribution in [2.24, 2.45) is 0 Å². The highest BCUT2D eigenvalue weighted by molar-refractivity contribution is 5.63. The predicted octanol–water partition coefficient (Wildman–Crippen LogP) is 2.85. The van der Waals surface area contributed by atoms with Gasteiger partial charge >= 0.3 is 0 Å². The van der Waals surface area contributed by atoms with Crippen LogP contribution in [-0.2, 0) is 0 Å². The van der Waals surface area contributed by atoms with Gasteiger partial charge in [-0.3, -0.25) is 10.1 Å². The van der Waals surface area contributed by atoms with Gasteiger partial charge in [0.15, 0.2) is 0 Å². The molecule has 0 saturated carbocycles. The average molecular weight is 245 g/mol. The Morgan fingerprint density at radius 2 is 2.39 bits per heavy atom. The third-order valence-corrected chi connectivity index (χ3v) is 3.47. The van der Waals surface area contributed by atoms with Crippen LogP contribution in [-0.4, -0.2) is 17.5 Å². The van der Waals surface area contributed by atoms with E-state index in [9.17, 15) is 10.1 Å². The fourth-order valence-electron chi connectivity index (χ4n) is 2.55. The number of nitrogens with zero attached hydrogens (tertiary/aromatic N) is 3. The molecule has 0 amide bonds. The van der Waals surface area contributed by atoms with Crippen LogP contribution in [0.3, 0.4) is 0 Å². The van der Waals surface area contributed by atoms with Crippen molar-refractivity contribution in [2.45, 2.75) is 32.2 Å². The van der Waals surface area contributed by atoms with Gasteiger partial charge in [0.25, 0.3) is 5.69 Å². The van der Waals surface area contributed by atoms with Crippen LogP contribution < -0.4 is 4.90 Å². The molecule has 1 unspecified atom stereocenters. The molecule has 0 aliphatic carbocycles. The quantitative estimate of drug-likeness (QED) is 0.606. The second-order valence-electron chi connectivity index (χ2n) is 4.47. The molecule has 1 aliphatic heterocycles. The van der Waals surface area contributed by atoms with Crippen LogP contribution in [0.4, 0.5) is 11.4 Å². The number of anilines is 1. The summed E-state index contributed by atoms with van der Waals surface area (Å²) in [6.07, 6.45) is 3.26. The number of rotatable bonds is 3. The zero-order chi connectivity index (χ0) is 13.1. The molecule has 0 N–H and O–H groups in total. The van der Waals surface area contributed by atoms with Crippen LogP contribution in [0, 0.1) is 21.4 Å². The van der Waals surface area contributed by atoms with E-state index < -0.39 is 4.92 Å². The molecule has 1 aromatic carbocycles. The van der Waals surface area contributed by atoms with Crippen molar-refractivity contribution in [1.29, 1.82) is 5.26 Å². The maximum absolute atomic E-state index is 10.7. The Labute approximate surface area is 106 Å². The van der Waals surface area contributed by atoms with Gasteiger partial charge in [0.1, 0.15) is 6.07 Å². The van der Waals surface area contributed by atoms with E-state index >= 15 is 0 Å². The molecular formula is C13H15N3O2. The summed E-state index contributed by atoms with van der Waals surface area (Å²) in [4.78, 5) is 12.4. The van der Waals surface area contributed by atoms with Crippen molar-refractivity contribution >= 4 is 11.4 Å². The molecule has 0 aromatic heterocycles. The monoisotopic (exact) mass is 245 g/mol. The van der Waals surface area contributed by atoms with Crippen LogP contribution in [0.5, 0.6) is 0 Å². The van der Waals surface area contributed by atoms with Crippen molar-refractivity contribution in [2.75, 3.05) is 11.4 Å². The molecule has 1 saturated heterocycles. The first-order valence-electron chi connectivity index (χ1n) is 6.12. The Balaban J connectivity index is 2.39. The first-order chi connectivity index (χ1) is 8.67. The maximum atomic E-state index is 10.7. The van der Waals surface area contributed by atoms with E-state index in [1.807, 2.05) is 0 Å². The van der Waals surface area contributed by atoms with Gasteiger partial charge in [0.05, 0.1) is 16.2 Å². The summed E-state index contributed by atoms with van der Waals surface area (Å²) in [7, 11) is 0. The zero-order valence-corrected chi connectivity index (χ0v) is 10.3. The molecule has 0 spiro atoms. The van der Waals surface area contributed by atoms with Crippen LogP contribution >= 0.6 is 0 Å². The van der Waals surface area contributed by atoms with Gasteiger partial charge in [-0.25, -0.2) is 0 Å². The minimum Gasteiger partial charge on any atom is -0.367 e. The van der Waals surface area contributed by atoms with E-state index in [2.05, 4.69) is 17.9 Å². The van der Waals surface area contributed by atoms with Crippen LogP contribution in [0.2, 0.25) is 0 Å². The third kappa shape index (κ3) is 2.14. The fraction of sp³-hybridized carbons (Fsp3) is 0.462. The Morgan fingerprint density at radius 3 is 3.00 bits per heavy atom. The number of benzene rings is 1. The summed E-state index contributed by atoms with van der Waals surface area (Å²) in [5.41, 5.74) is 1.19. The molecule has 0 radical (unpaired) electrons. The molecule has 18 heavy (non-hydrogen) atoms. The van der Waals surface area contributed by atoms with Crippen molar-refractivity contribution in [3.8, 4) is 6.07 Å². The molecule has 1 aliphatic rings. The minimum atomic E-state index is -0.466. The molecule has 5 nitrogen and oxygen atoms in total. The molecule has 5 heteroatoms. The van der Waals surface area contributed by atoms with Crippen molar-refractivity contribution < 1.29 is 4.92 Å². The van der Waals surface area contributed by atoms with Gasteiger partial charge in [-0.2, -0.15) is 5.26 Å². The number of nitriles is 1. The second-order valence-corrected chi connectivity index (χ2v) is 4.47. The number of nitro groups is 1. The molecule has 1 heterocycles. The SMILES string of the molecule is CCC1CCCN1c1ccc([N+](=O)[O-])cc1C#N. The van der Waals surface area contributed by atoms with Gasteiger partial charge in [-0.05, 0) is 25.3 Å². The zero-order valence-electron chi connectivity index (χ0n) is 10.3. The van der Waals surface area contributed by atoms with E-state index in [0.717, 1.165) is 31.5 Å². The largest absolute Gasteiger partial charge is 0.367 e. The standard InChI is InChI=1S/C13H15N3O2/c1-2-11-4-3-7-15(11)13-6-5-12(16(17)18)8-10(13)9-14/h5-6,8,11H,2-4,7H2,1H3. The van der Waals surface area contributed by atoms with Crippen LogP contribution in [0.1, 0.15) is 31.7 Å². The summed E-state index contributed by atoms with van der Waals surface area (Å²) in [5.74, 6) is 0. The molecule has 2 rings (SSSR count). The van der Waals surface area contributed by atoms with Crippen molar-refractivity contribution in [3.63, 3.8) is 0 Å². The lowest BCUT2D eigenvalue weighted by Gasteiger charge is -2.26. The molecule has 1 aromatic rings. The summed E-state index contributed by atoms with van der Waals surface area (Å²) in [6, 6.07) is 7.04. The molecular weight excluding hydrogens is 230 g/mol. The highest BCUT2D eigenvalue weighted by Gasteiger charge is 2.25. The Kier molecular flexibility index (Phi) is 3.47. The number of hydrogen-bond donors (Lipinski definition) is 0. The lowest BCUT2D eigenvalue weighted by atomic mass is 10.1. The Bertz CT molecular complexity index is 507. The number of nitro benzene ring substituents is 1. The summed E-state index contributed by atoms with van der Waals surface area (Å²) >= 11 is 0. The lowest BCUT2D eigenvalue weighted by molar-refractivity contribution is -0.384. The first-order valence-corrected chi connectivity index (χ1v) is 6.12. The minimum absolute atomic E-state index is 0.0254. The molecule has 1 atom stereocenters. The van der Waals surface area contributed by atoms with Crippen molar-refractivity contribution in [1.82, 2.24) is 0 Å². The number of non-ortho nitro benzene ring substituents is 1. The summed E-state index contributed by atoms with van der Waals surface area (Å²) < 4.78 is 0. The van der Waals surface area contributed by atoms with Crippen molar-refractivity contribution in [3.05, 3.63) is 33.9 Å².